The molecular weight excluding hydrogens is 246 g/mol. The minimum atomic E-state index is -1.33. The van der Waals surface area contributed by atoms with Gasteiger partial charge >= 0.3 is 0 Å². The molecule has 0 unspecified atom stereocenters. The molecule has 5 atom stereocenters. The molecular formula is C10H19NO7. The lowest BCUT2D eigenvalue weighted by atomic mass is 9.97. The van der Waals surface area contributed by atoms with Crippen molar-refractivity contribution in [2.45, 2.75) is 37.6 Å². The Labute approximate surface area is 104 Å². The average molecular weight is 265 g/mol. The predicted molar refractivity (Wildman–Crippen MR) is 58.4 cm³/mol. The lowest BCUT2D eigenvalue weighted by molar-refractivity contribution is -0.271. The molecule has 8 nitrogen and oxygen atoms in total. The number of nitrogens with one attached hydrogen (secondary N) is 1. The summed E-state index contributed by atoms with van der Waals surface area (Å²) in [4.78, 5) is 11.0. The molecule has 1 heterocycles. The second-order valence-electron chi connectivity index (χ2n) is 4.03. The molecule has 0 aliphatic carbocycles. The predicted octanol–water partition coefficient (Wildman–Crippen LogP) is -3.06. The monoisotopic (exact) mass is 265 g/mol. The number of aliphatic hydroxyl groups excluding tert-OH is 4. The topological polar surface area (TPSA) is 128 Å². The first-order valence-electron chi connectivity index (χ1n) is 5.63. The summed E-state index contributed by atoms with van der Waals surface area (Å²) < 4.78 is 10.4. The highest BCUT2D eigenvalue weighted by Crippen LogP contribution is 2.22. The number of rotatable bonds is 5. The van der Waals surface area contributed by atoms with Crippen LogP contribution in [0.4, 0.5) is 0 Å². The zero-order valence-electron chi connectivity index (χ0n) is 10.0. The first-order valence-corrected chi connectivity index (χ1v) is 5.63. The number of hydrogen-bond donors (Lipinski definition) is 5. The molecule has 1 fully saturated rings. The number of aliphatic hydroxyl groups is 4. The molecule has 0 radical (unpaired) electrons. The van der Waals surface area contributed by atoms with Crippen LogP contribution in [0.2, 0.25) is 0 Å². The van der Waals surface area contributed by atoms with Gasteiger partial charge in [0.15, 0.2) is 6.29 Å². The van der Waals surface area contributed by atoms with Gasteiger partial charge in [-0.05, 0) is 0 Å². The summed E-state index contributed by atoms with van der Waals surface area (Å²) in [7, 11) is 0. The van der Waals surface area contributed by atoms with Crippen LogP contribution >= 0.6 is 0 Å². The number of amides is 1. The van der Waals surface area contributed by atoms with E-state index in [2.05, 4.69) is 5.32 Å². The van der Waals surface area contributed by atoms with Crippen molar-refractivity contribution in [3.05, 3.63) is 0 Å². The van der Waals surface area contributed by atoms with E-state index >= 15 is 0 Å². The van der Waals surface area contributed by atoms with E-state index in [1.807, 2.05) is 0 Å². The van der Waals surface area contributed by atoms with Crippen molar-refractivity contribution >= 4 is 5.91 Å². The van der Waals surface area contributed by atoms with E-state index in [1.54, 1.807) is 0 Å². The zero-order chi connectivity index (χ0) is 13.7. The first kappa shape index (κ1) is 15.3. The Morgan fingerprint density at radius 2 is 2.00 bits per heavy atom. The first-order chi connectivity index (χ1) is 8.51. The van der Waals surface area contributed by atoms with Gasteiger partial charge in [0, 0.05) is 6.92 Å². The fraction of sp³-hybridized carbons (Fsp3) is 0.900. The SMILES string of the molecule is CC(=O)N[C@H]1[C@H](OCCO)O[C@H](CO)[C@H](O)[C@@H]1O. The van der Waals surface area contributed by atoms with Crippen LogP contribution in [0.15, 0.2) is 0 Å². The normalized spacial score (nSPS) is 36.4. The molecule has 106 valence electrons. The molecule has 0 spiro atoms. The molecule has 5 N–H and O–H groups in total. The van der Waals surface area contributed by atoms with Crippen LogP contribution < -0.4 is 5.32 Å². The molecule has 0 bridgehead atoms. The van der Waals surface area contributed by atoms with E-state index in [-0.39, 0.29) is 13.2 Å². The van der Waals surface area contributed by atoms with Gasteiger partial charge in [0.05, 0.1) is 19.8 Å². The number of ether oxygens (including phenoxy) is 2. The summed E-state index contributed by atoms with van der Waals surface area (Å²) in [5, 5.41) is 39.6. The smallest absolute Gasteiger partial charge is 0.217 e. The lowest BCUT2D eigenvalue weighted by Gasteiger charge is -2.42. The van der Waals surface area contributed by atoms with Crippen LogP contribution in [-0.2, 0) is 14.3 Å². The Morgan fingerprint density at radius 1 is 1.33 bits per heavy atom. The van der Waals surface area contributed by atoms with Gasteiger partial charge in [-0.1, -0.05) is 0 Å². The van der Waals surface area contributed by atoms with Gasteiger partial charge in [-0.25, -0.2) is 0 Å². The van der Waals surface area contributed by atoms with E-state index in [0.717, 1.165) is 0 Å². The van der Waals surface area contributed by atoms with Crippen molar-refractivity contribution in [2.24, 2.45) is 0 Å². The Kier molecular flexibility index (Phi) is 5.93. The molecule has 18 heavy (non-hydrogen) atoms. The van der Waals surface area contributed by atoms with Crippen molar-refractivity contribution in [1.82, 2.24) is 5.32 Å². The fourth-order valence-electron chi connectivity index (χ4n) is 1.78. The third kappa shape index (κ3) is 3.61. The Morgan fingerprint density at radius 3 is 2.50 bits per heavy atom. The molecule has 0 saturated carbocycles. The van der Waals surface area contributed by atoms with Crippen molar-refractivity contribution in [3.8, 4) is 0 Å². The quantitative estimate of drug-likeness (QED) is 0.357. The summed E-state index contributed by atoms with van der Waals surface area (Å²) in [5.41, 5.74) is 0. The number of carbonyl (C=O) groups is 1. The molecule has 0 aromatic carbocycles. The van der Waals surface area contributed by atoms with Gasteiger partial charge in [-0.3, -0.25) is 4.79 Å². The summed E-state index contributed by atoms with van der Waals surface area (Å²) in [5.74, 6) is -0.421. The van der Waals surface area contributed by atoms with Gasteiger partial charge in [0.1, 0.15) is 24.4 Å². The second-order valence-corrected chi connectivity index (χ2v) is 4.03. The summed E-state index contributed by atoms with van der Waals surface area (Å²) in [6.07, 6.45) is -4.71. The number of carbonyl (C=O) groups excluding carboxylic acids is 1. The average Bonchev–Trinajstić information content (AvgIpc) is 2.33. The van der Waals surface area contributed by atoms with E-state index in [1.165, 1.54) is 6.92 Å². The van der Waals surface area contributed by atoms with Crippen LogP contribution in [-0.4, -0.2) is 76.8 Å². The van der Waals surface area contributed by atoms with Crippen LogP contribution in [0.25, 0.3) is 0 Å². The van der Waals surface area contributed by atoms with E-state index in [4.69, 9.17) is 19.7 Å². The maximum atomic E-state index is 11.0. The standard InChI is InChI=1S/C10H19NO7/c1-5(14)11-7-9(16)8(15)6(4-13)18-10(7)17-3-2-12/h6-10,12-13,15-16H,2-4H2,1H3,(H,11,14)/t6-,7-,8+,9-,10-/m1/s1. The second kappa shape index (κ2) is 6.98. The van der Waals surface area contributed by atoms with Gasteiger partial charge in [0.25, 0.3) is 0 Å². The molecule has 1 rings (SSSR count). The van der Waals surface area contributed by atoms with Gasteiger partial charge in [-0.15, -0.1) is 0 Å². The highest BCUT2D eigenvalue weighted by Gasteiger charge is 2.45. The molecule has 1 aliphatic heterocycles. The Hall–Kier alpha value is -0.770. The van der Waals surface area contributed by atoms with Crippen LogP contribution in [0, 0.1) is 0 Å². The van der Waals surface area contributed by atoms with Crippen LogP contribution in [0.1, 0.15) is 6.92 Å². The van der Waals surface area contributed by atoms with E-state index < -0.39 is 43.2 Å². The lowest BCUT2D eigenvalue weighted by Crippen LogP contribution is -2.64. The minimum Gasteiger partial charge on any atom is -0.394 e. The number of hydrogen-bond acceptors (Lipinski definition) is 7. The molecule has 0 aromatic rings. The Bertz CT molecular complexity index is 275. The van der Waals surface area contributed by atoms with E-state index in [0.29, 0.717) is 0 Å². The molecule has 8 heteroatoms. The third-order valence-corrected chi connectivity index (χ3v) is 2.62. The molecule has 1 amide bonds. The van der Waals surface area contributed by atoms with Crippen molar-refractivity contribution in [2.75, 3.05) is 19.8 Å². The maximum absolute atomic E-state index is 11.0. The molecule has 0 aromatic heterocycles. The molecule has 1 saturated heterocycles. The van der Waals surface area contributed by atoms with Crippen LogP contribution in [0.3, 0.4) is 0 Å². The summed E-state index contributed by atoms with van der Waals surface area (Å²) in [6, 6.07) is -0.966. The largest absolute Gasteiger partial charge is 0.394 e. The maximum Gasteiger partial charge on any atom is 0.217 e. The Balaban J connectivity index is 2.76. The van der Waals surface area contributed by atoms with Crippen molar-refractivity contribution < 1.29 is 34.7 Å². The highest BCUT2D eigenvalue weighted by molar-refractivity contribution is 5.73. The van der Waals surface area contributed by atoms with Gasteiger partial charge in [-0.2, -0.15) is 0 Å². The van der Waals surface area contributed by atoms with Crippen LogP contribution in [0.5, 0.6) is 0 Å². The molecule has 1 aliphatic rings. The highest BCUT2D eigenvalue weighted by atomic mass is 16.7. The summed E-state index contributed by atoms with van der Waals surface area (Å²) >= 11 is 0. The van der Waals surface area contributed by atoms with Crippen molar-refractivity contribution in [3.63, 3.8) is 0 Å². The van der Waals surface area contributed by atoms with Gasteiger partial charge in [0.2, 0.25) is 5.91 Å². The minimum absolute atomic E-state index is 0.0539. The third-order valence-electron chi connectivity index (χ3n) is 2.62. The summed E-state index contributed by atoms with van der Waals surface area (Å²) in [6.45, 7) is 0.446. The van der Waals surface area contributed by atoms with Gasteiger partial charge < -0.3 is 35.2 Å². The van der Waals surface area contributed by atoms with E-state index in [9.17, 15) is 15.0 Å². The zero-order valence-corrected chi connectivity index (χ0v) is 10.0. The fourth-order valence-corrected chi connectivity index (χ4v) is 1.78. The van der Waals surface area contributed by atoms with Crippen molar-refractivity contribution in [1.29, 1.82) is 0 Å².